The van der Waals surface area contributed by atoms with Crippen LogP contribution in [-0.4, -0.2) is 25.5 Å². The van der Waals surface area contributed by atoms with Gasteiger partial charge in [0.1, 0.15) is 5.75 Å². The number of benzene rings is 3. The van der Waals surface area contributed by atoms with Gasteiger partial charge in [0.15, 0.2) is 23.0 Å². The summed E-state index contributed by atoms with van der Waals surface area (Å²) in [4.78, 5) is 0. The highest BCUT2D eigenvalue weighted by Crippen LogP contribution is 2.39. The summed E-state index contributed by atoms with van der Waals surface area (Å²) in [5, 5.41) is 48.4. The van der Waals surface area contributed by atoms with E-state index in [4.69, 9.17) is 0 Å². The molecule has 3 rings (SSSR count). The lowest BCUT2D eigenvalue weighted by atomic mass is 9.85. The van der Waals surface area contributed by atoms with Crippen LogP contribution in [0.5, 0.6) is 28.7 Å². The molecule has 0 fully saturated rings. The van der Waals surface area contributed by atoms with Gasteiger partial charge in [-0.15, -0.1) is 0 Å². The molecule has 0 unspecified atom stereocenters. The van der Waals surface area contributed by atoms with E-state index in [1.54, 1.807) is 36.4 Å². The first-order valence-electron chi connectivity index (χ1n) is 7.28. The Morgan fingerprint density at radius 2 is 1.00 bits per heavy atom. The van der Waals surface area contributed by atoms with Crippen LogP contribution in [0.25, 0.3) is 0 Å². The van der Waals surface area contributed by atoms with E-state index in [1.165, 1.54) is 24.3 Å². The molecule has 0 radical (unpaired) electrons. The quantitative estimate of drug-likeness (QED) is 0.375. The summed E-state index contributed by atoms with van der Waals surface area (Å²) in [6.07, 6.45) is 0. The molecule has 5 nitrogen and oxygen atoms in total. The summed E-state index contributed by atoms with van der Waals surface area (Å²) >= 11 is 0. The molecule has 0 spiro atoms. The first kappa shape index (κ1) is 15.6. The molecular formula is C19H16O5. The molecule has 3 aromatic carbocycles. The molecule has 24 heavy (non-hydrogen) atoms. The van der Waals surface area contributed by atoms with Crippen LogP contribution in [0.1, 0.15) is 22.6 Å². The smallest absolute Gasteiger partial charge is 0.157 e. The summed E-state index contributed by atoms with van der Waals surface area (Å²) in [6.45, 7) is 0. The summed E-state index contributed by atoms with van der Waals surface area (Å²) in [7, 11) is 0. The molecule has 5 N–H and O–H groups in total. The molecule has 3 aromatic rings. The third-order valence-electron chi connectivity index (χ3n) is 3.87. The summed E-state index contributed by atoms with van der Waals surface area (Å²) in [5.74, 6) is -1.33. The Balaban J connectivity index is 2.20. The monoisotopic (exact) mass is 324 g/mol. The van der Waals surface area contributed by atoms with Crippen molar-refractivity contribution in [3.8, 4) is 28.7 Å². The Hall–Kier alpha value is -3.34. The lowest BCUT2D eigenvalue weighted by Gasteiger charge is -2.20. The number of hydrogen-bond donors (Lipinski definition) is 5. The van der Waals surface area contributed by atoms with Crippen molar-refractivity contribution in [2.75, 3.05) is 0 Å². The van der Waals surface area contributed by atoms with Crippen LogP contribution in [0.4, 0.5) is 0 Å². The number of aromatic hydroxyl groups is 5. The molecule has 5 heteroatoms. The molecular weight excluding hydrogens is 308 g/mol. The number of phenolic OH excluding ortho intramolecular Hbond substituents is 5. The Morgan fingerprint density at radius 1 is 0.500 bits per heavy atom. The second-order valence-electron chi connectivity index (χ2n) is 5.52. The first-order valence-corrected chi connectivity index (χ1v) is 7.28. The predicted molar refractivity (Wildman–Crippen MR) is 88.6 cm³/mol. The highest BCUT2D eigenvalue weighted by molar-refractivity contribution is 5.52. The van der Waals surface area contributed by atoms with Crippen LogP contribution in [-0.2, 0) is 0 Å². The fourth-order valence-electron chi connectivity index (χ4n) is 2.72. The van der Waals surface area contributed by atoms with Gasteiger partial charge in [0.2, 0.25) is 0 Å². The van der Waals surface area contributed by atoms with Crippen molar-refractivity contribution < 1.29 is 25.5 Å². The highest BCUT2D eigenvalue weighted by atomic mass is 16.3. The van der Waals surface area contributed by atoms with Crippen molar-refractivity contribution in [3.05, 3.63) is 77.4 Å². The van der Waals surface area contributed by atoms with Crippen molar-refractivity contribution in [3.63, 3.8) is 0 Å². The second-order valence-corrected chi connectivity index (χ2v) is 5.52. The fraction of sp³-hybridized carbons (Fsp3) is 0.0526. The Kier molecular flexibility index (Phi) is 3.92. The van der Waals surface area contributed by atoms with Crippen LogP contribution in [0, 0.1) is 0 Å². The molecule has 0 saturated carbocycles. The van der Waals surface area contributed by atoms with Gasteiger partial charge in [0, 0.05) is 5.92 Å². The van der Waals surface area contributed by atoms with Crippen molar-refractivity contribution in [2.45, 2.75) is 5.92 Å². The third-order valence-corrected chi connectivity index (χ3v) is 3.87. The van der Waals surface area contributed by atoms with E-state index in [2.05, 4.69) is 0 Å². The Morgan fingerprint density at radius 3 is 1.46 bits per heavy atom. The van der Waals surface area contributed by atoms with Gasteiger partial charge in [-0.25, -0.2) is 0 Å². The molecule has 122 valence electrons. The van der Waals surface area contributed by atoms with Gasteiger partial charge in [-0.3, -0.25) is 0 Å². The molecule has 0 heterocycles. The topological polar surface area (TPSA) is 101 Å². The van der Waals surface area contributed by atoms with Crippen molar-refractivity contribution in [2.24, 2.45) is 0 Å². The Labute approximate surface area is 138 Å². The van der Waals surface area contributed by atoms with Gasteiger partial charge >= 0.3 is 0 Å². The molecule has 0 aliphatic heterocycles. The molecule has 0 saturated heterocycles. The third kappa shape index (κ3) is 2.92. The van der Waals surface area contributed by atoms with Crippen molar-refractivity contribution >= 4 is 0 Å². The fourth-order valence-corrected chi connectivity index (χ4v) is 2.72. The average molecular weight is 324 g/mol. The van der Waals surface area contributed by atoms with Crippen LogP contribution in [0.2, 0.25) is 0 Å². The number of rotatable bonds is 3. The SMILES string of the molecule is Oc1cccc(C(c2ccc(O)c(O)c2)c2ccc(O)c(O)c2)c1. The van der Waals surface area contributed by atoms with Crippen LogP contribution in [0.15, 0.2) is 60.7 Å². The summed E-state index contributed by atoms with van der Waals surface area (Å²) < 4.78 is 0. The van der Waals surface area contributed by atoms with Crippen LogP contribution < -0.4 is 0 Å². The largest absolute Gasteiger partial charge is 0.508 e. The minimum atomic E-state index is -0.421. The molecule has 0 bridgehead atoms. The minimum absolute atomic E-state index is 0.0866. The average Bonchev–Trinajstić information content (AvgIpc) is 2.54. The Bertz CT molecular complexity index is 837. The molecule has 0 atom stereocenters. The van der Waals surface area contributed by atoms with Gasteiger partial charge in [-0.05, 0) is 53.1 Å². The van der Waals surface area contributed by atoms with E-state index in [9.17, 15) is 25.5 Å². The molecule has 0 aliphatic carbocycles. The zero-order valence-electron chi connectivity index (χ0n) is 12.6. The molecule has 0 aromatic heterocycles. The highest BCUT2D eigenvalue weighted by Gasteiger charge is 2.20. The van der Waals surface area contributed by atoms with Gasteiger partial charge < -0.3 is 25.5 Å². The van der Waals surface area contributed by atoms with E-state index in [0.717, 1.165) is 5.56 Å². The minimum Gasteiger partial charge on any atom is -0.508 e. The lowest BCUT2D eigenvalue weighted by Crippen LogP contribution is -2.03. The first-order chi connectivity index (χ1) is 11.5. The maximum atomic E-state index is 9.81. The normalized spacial score (nSPS) is 10.9. The van der Waals surface area contributed by atoms with Crippen molar-refractivity contribution in [1.82, 2.24) is 0 Å². The predicted octanol–water partition coefficient (Wildman–Crippen LogP) is 3.39. The van der Waals surface area contributed by atoms with E-state index in [-0.39, 0.29) is 28.7 Å². The van der Waals surface area contributed by atoms with Gasteiger partial charge in [-0.1, -0.05) is 24.3 Å². The van der Waals surface area contributed by atoms with Gasteiger partial charge in [0.05, 0.1) is 0 Å². The summed E-state index contributed by atoms with van der Waals surface area (Å²) in [5.41, 5.74) is 2.03. The van der Waals surface area contributed by atoms with E-state index in [1.807, 2.05) is 0 Å². The van der Waals surface area contributed by atoms with E-state index in [0.29, 0.717) is 11.1 Å². The van der Waals surface area contributed by atoms with Crippen LogP contribution >= 0.6 is 0 Å². The maximum Gasteiger partial charge on any atom is 0.157 e. The lowest BCUT2D eigenvalue weighted by molar-refractivity contribution is 0.402. The van der Waals surface area contributed by atoms with Gasteiger partial charge in [-0.2, -0.15) is 0 Å². The van der Waals surface area contributed by atoms with E-state index >= 15 is 0 Å². The standard InChI is InChI=1S/C19H16O5/c20-14-3-1-2-11(8-14)19(12-4-6-15(21)17(23)9-12)13-5-7-16(22)18(24)10-13/h1-10,19-24H. The number of phenols is 5. The summed E-state index contributed by atoms with van der Waals surface area (Å²) in [6, 6.07) is 15.5. The number of hydrogen-bond acceptors (Lipinski definition) is 5. The zero-order chi connectivity index (χ0) is 17.3. The maximum absolute atomic E-state index is 9.81. The molecule has 0 aliphatic rings. The van der Waals surface area contributed by atoms with E-state index < -0.39 is 5.92 Å². The van der Waals surface area contributed by atoms with Crippen LogP contribution in [0.3, 0.4) is 0 Å². The second kappa shape index (κ2) is 6.04. The zero-order valence-corrected chi connectivity index (χ0v) is 12.6. The molecule has 0 amide bonds. The van der Waals surface area contributed by atoms with Gasteiger partial charge in [0.25, 0.3) is 0 Å². The van der Waals surface area contributed by atoms with Crippen molar-refractivity contribution in [1.29, 1.82) is 0 Å².